The van der Waals surface area contributed by atoms with Crippen LogP contribution in [0.3, 0.4) is 0 Å². The molecule has 3 nitrogen and oxygen atoms in total. The SMILES string of the molecule is CC1CN(CC(N)=O)C1. The van der Waals surface area contributed by atoms with Crippen molar-refractivity contribution in [3.63, 3.8) is 0 Å². The largest absolute Gasteiger partial charge is 0.369 e. The van der Waals surface area contributed by atoms with Gasteiger partial charge < -0.3 is 5.73 Å². The molecule has 1 heterocycles. The molecule has 1 aliphatic heterocycles. The van der Waals surface area contributed by atoms with Gasteiger partial charge in [-0.15, -0.1) is 0 Å². The first kappa shape index (κ1) is 6.55. The van der Waals surface area contributed by atoms with Gasteiger partial charge in [-0.05, 0) is 5.92 Å². The molecule has 0 bridgehead atoms. The molecule has 0 saturated carbocycles. The van der Waals surface area contributed by atoms with Crippen LogP contribution in [0.1, 0.15) is 6.92 Å². The number of hydrogen-bond donors (Lipinski definition) is 1. The van der Waals surface area contributed by atoms with Crippen LogP contribution in [0.5, 0.6) is 0 Å². The van der Waals surface area contributed by atoms with Crippen LogP contribution >= 0.6 is 0 Å². The van der Waals surface area contributed by atoms with E-state index < -0.39 is 0 Å². The minimum absolute atomic E-state index is 0.220. The highest BCUT2D eigenvalue weighted by molar-refractivity contribution is 5.76. The highest BCUT2D eigenvalue weighted by Crippen LogP contribution is 2.12. The number of nitrogens with two attached hydrogens (primary N) is 1. The molecule has 3 heteroatoms. The Hall–Kier alpha value is -0.570. The highest BCUT2D eigenvalue weighted by atomic mass is 16.1. The average molecular weight is 128 g/mol. The summed E-state index contributed by atoms with van der Waals surface area (Å²) in [7, 11) is 0. The quantitative estimate of drug-likeness (QED) is 0.541. The number of rotatable bonds is 2. The van der Waals surface area contributed by atoms with Gasteiger partial charge in [-0.2, -0.15) is 0 Å². The van der Waals surface area contributed by atoms with E-state index >= 15 is 0 Å². The first-order valence-corrected chi connectivity index (χ1v) is 3.19. The van der Waals surface area contributed by atoms with Gasteiger partial charge in [-0.3, -0.25) is 9.69 Å². The summed E-state index contributed by atoms with van der Waals surface area (Å²) in [6, 6.07) is 0. The van der Waals surface area contributed by atoms with E-state index in [-0.39, 0.29) is 5.91 Å². The Kier molecular flexibility index (Phi) is 1.71. The Morgan fingerprint density at radius 2 is 2.33 bits per heavy atom. The minimum atomic E-state index is -0.220. The van der Waals surface area contributed by atoms with E-state index in [0.29, 0.717) is 6.54 Å². The van der Waals surface area contributed by atoms with E-state index in [1.165, 1.54) is 0 Å². The second kappa shape index (κ2) is 2.35. The zero-order valence-electron chi connectivity index (χ0n) is 5.63. The maximum absolute atomic E-state index is 10.3. The van der Waals surface area contributed by atoms with Crippen LogP contribution in [0.4, 0.5) is 0 Å². The molecule has 1 fully saturated rings. The lowest BCUT2D eigenvalue weighted by Crippen LogP contribution is -2.48. The van der Waals surface area contributed by atoms with Gasteiger partial charge in [0.1, 0.15) is 0 Å². The van der Waals surface area contributed by atoms with E-state index in [4.69, 9.17) is 5.73 Å². The summed E-state index contributed by atoms with van der Waals surface area (Å²) in [4.78, 5) is 12.3. The fourth-order valence-corrected chi connectivity index (χ4v) is 1.18. The Bertz CT molecular complexity index is 118. The van der Waals surface area contributed by atoms with Gasteiger partial charge in [0.15, 0.2) is 0 Å². The van der Waals surface area contributed by atoms with Crippen molar-refractivity contribution in [3.05, 3.63) is 0 Å². The summed E-state index contributed by atoms with van der Waals surface area (Å²) < 4.78 is 0. The fraction of sp³-hybridized carbons (Fsp3) is 0.833. The van der Waals surface area contributed by atoms with Crippen molar-refractivity contribution in [1.82, 2.24) is 4.90 Å². The molecule has 0 aromatic heterocycles. The van der Waals surface area contributed by atoms with Crippen LogP contribution in [-0.4, -0.2) is 30.4 Å². The maximum atomic E-state index is 10.3. The van der Waals surface area contributed by atoms with Gasteiger partial charge in [0.2, 0.25) is 5.91 Å². The summed E-state index contributed by atoms with van der Waals surface area (Å²) >= 11 is 0. The van der Waals surface area contributed by atoms with Gasteiger partial charge in [0.25, 0.3) is 0 Å². The average Bonchev–Trinajstić information content (AvgIpc) is 1.60. The molecule has 0 atom stereocenters. The Balaban J connectivity index is 2.11. The Labute approximate surface area is 54.8 Å². The van der Waals surface area contributed by atoms with Crippen molar-refractivity contribution in [2.24, 2.45) is 11.7 Å². The zero-order chi connectivity index (χ0) is 6.85. The molecule has 0 aromatic rings. The molecule has 0 aliphatic carbocycles. The Morgan fingerprint density at radius 3 is 2.67 bits per heavy atom. The third kappa shape index (κ3) is 1.68. The molecular formula is C6H12N2O. The van der Waals surface area contributed by atoms with Crippen molar-refractivity contribution in [2.45, 2.75) is 6.92 Å². The predicted octanol–water partition coefficient (Wildman–Crippen LogP) is -0.577. The summed E-state index contributed by atoms with van der Waals surface area (Å²) in [5.41, 5.74) is 4.97. The highest BCUT2D eigenvalue weighted by Gasteiger charge is 2.22. The zero-order valence-corrected chi connectivity index (χ0v) is 5.63. The van der Waals surface area contributed by atoms with Gasteiger partial charge in [-0.1, -0.05) is 6.92 Å². The normalized spacial score (nSPS) is 21.4. The van der Waals surface area contributed by atoms with Crippen LogP contribution in [0.2, 0.25) is 0 Å². The standard InChI is InChI=1S/C6H12N2O/c1-5-2-8(3-5)4-6(7)9/h5H,2-4H2,1H3,(H2,7,9). The topological polar surface area (TPSA) is 46.3 Å². The molecule has 52 valence electrons. The maximum Gasteiger partial charge on any atom is 0.231 e. The Morgan fingerprint density at radius 1 is 1.78 bits per heavy atom. The van der Waals surface area contributed by atoms with Crippen LogP contribution in [0, 0.1) is 5.92 Å². The first-order valence-electron chi connectivity index (χ1n) is 3.19. The van der Waals surface area contributed by atoms with Gasteiger partial charge in [0, 0.05) is 13.1 Å². The molecule has 9 heavy (non-hydrogen) atoms. The summed E-state index contributed by atoms with van der Waals surface area (Å²) in [6.07, 6.45) is 0. The minimum Gasteiger partial charge on any atom is -0.369 e. The number of nitrogens with zero attached hydrogens (tertiary/aromatic N) is 1. The molecule has 1 rings (SSSR count). The molecule has 0 radical (unpaired) electrons. The fourth-order valence-electron chi connectivity index (χ4n) is 1.18. The molecule has 1 amide bonds. The molecule has 1 aliphatic rings. The van der Waals surface area contributed by atoms with Crippen LogP contribution in [0.15, 0.2) is 0 Å². The molecule has 0 aromatic carbocycles. The summed E-state index contributed by atoms with van der Waals surface area (Å²) in [5.74, 6) is 0.534. The third-order valence-electron chi connectivity index (χ3n) is 1.52. The van der Waals surface area contributed by atoms with Crippen molar-refractivity contribution < 1.29 is 4.79 Å². The number of carbonyl (C=O) groups excluding carboxylic acids is 1. The second-order valence-electron chi connectivity index (χ2n) is 2.77. The van der Waals surface area contributed by atoms with E-state index in [0.717, 1.165) is 19.0 Å². The van der Waals surface area contributed by atoms with Gasteiger partial charge in [-0.25, -0.2) is 0 Å². The molecule has 1 saturated heterocycles. The number of hydrogen-bond acceptors (Lipinski definition) is 2. The van der Waals surface area contributed by atoms with Crippen molar-refractivity contribution in [1.29, 1.82) is 0 Å². The number of amides is 1. The number of likely N-dealkylation sites (tertiary alicyclic amines) is 1. The number of carbonyl (C=O) groups is 1. The third-order valence-corrected chi connectivity index (χ3v) is 1.52. The van der Waals surface area contributed by atoms with E-state index in [9.17, 15) is 4.79 Å². The molecule has 0 spiro atoms. The predicted molar refractivity (Wildman–Crippen MR) is 34.8 cm³/mol. The molecular weight excluding hydrogens is 116 g/mol. The molecule has 0 unspecified atom stereocenters. The first-order chi connectivity index (χ1) is 4.18. The van der Waals surface area contributed by atoms with Crippen molar-refractivity contribution in [2.75, 3.05) is 19.6 Å². The summed E-state index contributed by atoms with van der Waals surface area (Å²) in [6.45, 7) is 4.66. The van der Waals surface area contributed by atoms with Crippen LogP contribution < -0.4 is 5.73 Å². The van der Waals surface area contributed by atoms with E-state index in [2.05, 4.69) is 6.92 Å². The lowest BCUT2D eigenvalue weighted by molar-refractivity contribution is -0.120. The summed E-state index contributed by atoms with van der Waals surface area (Å²) in [5, 5.41) is 0. The van der Waals surface area contributed by atoms with Gasteiger partial charge in [0.05, 0.1) is 6.54 Å². The van der Waals surface area contributed by atoms with E-state index in [1.54, 1.807) is 0 Å². The van der Waals surface area contributed by atoms with Crippen LogP contribution in [-0.2, 0) is 4.79 Å². The van der Waals surface area contributed by atoms with Crippen LogP contribution in [0.25, 0.3) is 0 Å². The van der Waals surface area contributed by atoms with Crippen molar-refractivity contribution in [3.8, 4) is 0 Å². The lowest BCUT2D eigenvalue weighted by Gasteiger charge is -2.35. The number of primary amides is 1. The monoisotopic (exact) mass is 128 g/mol. The van der Waals surface area contributed by atoms with Gasteiger partial charge >= 0.3 is 0 Å². The van der Waals surface area contributed by atoms with E-state index in [1.807, 2.05) is 4.90 Å². The lowest BCUT2D eigenvalue weighted by atomic mass is 10.0. The smallest absolute Gasteiger partial charge is 0.231 e. The van der Waals surface area contributed by atoms with Crippen molar-refractivity contribution >= 4 is 5.91 Å². The second-order valence-corrected chi connectivity index (χ2v) is 2.77. The molecule has 2 N–H and O–H groups in total.